The summed E-state index contributed by atoms with van der Waals surface area (Å²) in [7, 11) is 0. The minimum absolute atomic E-state index is 0.164. The maximum atomic E-state index is 13.3. The predicted molar refractivity (Wildman–Crippen MR) is 111 cm³/mol. The van der Waals surface area contributed by atoms with Gasteiger partial charge in [-0.2, -0.15) is 5.01 Å². The molecule has 6 rings (SSSR count). The molecular formula is C23H16ClN3O2. The van der Waals surface area contributed by atoms with Gasteiger partial charge in [-0.05, 0) is 35.9 Å². The van der Waals surface area contributed by atoms with Gasteiger partial charge in [-0.25, -0.2) is 0 Å². The van der Waals surface area contributed by atoms with Gasteiger partial charge in [-0.15, -0.1) is 0 Å². The van der Waals surface area contributed by atoms with E-state index in [0.717, 1.165) is 28.1 Å². The van der Waals surface area contributed by atoms with Crippen LogP contribution in [-0.4, -0.2) is 10.9 Å². The van der Waals surface area contributed by atoms with Gasteiger partial charge in [-0.3, -0.25) is 4.79 Å². The number of halogens is 1. The SMILES string of the molecule is O=C1Nc2ccccc2[C@]12Oc1ccccc1[C@@H]1C=C(c3ccc(Cl)cc3)NN12. The largest absolute Gasteiger partial charge is 0.457 e. The van der Waals surface area contributed by atoms with Crippen LogP contribution in [0.15, 0.2) is 78.9 Å². The molecule has 3 aliphatic heterocycles. The average Bonchev–Trinajstić information content (AvgIpc) is 3.30. The summed E-state index contributed by atoms with van der Waals surface area (Å²) < 4.78 is 6.43. The summed E-state index contributed by atoms with van der Waals surface area (Å²) in [6.07, 6.45) is 2.13. The number of hydrogen-bond acceptors (Lipinski definition) is 4. The fourth-order valence-corrected chi connectivity index (χ4v) is 4.47. The lowest BCUT2D eigenvalue weighted by molar-refractivity contribution is -0.165. The number of hydrazine groups is 1. The fraction of sp³-hybridized carbons (Fsp3) is 0.0870. The molecule has 0 saturated carbocycles. The van der Waals surface area contributed by atoms with Crippen LogP contribution in [0.25, 0.3) is 5.70 Å². The number of hydrogen-bond donors (Lipinski definition) is 2. The summed E-state index contributed by atoms with van der Waals surface area (Å²) in [5.41, 5.74) is 6.60. The second kappa shape index (κ2) is 5.86. The minimum atomic E-state index is -1.29. The Morgan fingerprint density at radius 2 is 1.72 bits per heavy atom. The van der Waals surface area contributed by atoms with E-state index in [9.17, 15) is 4.79 Å². The lowest BCUT2D eigenvalue weighted by Crippen LogP contribution is -2.60. The third-order valence-corrected chi connectivity index (χ3v) is 5.93. The Balaban J connectivity index is 1.54. The van der Waals surface area contributed by atoms with Crippen molar-refractivity contribution in [2.75, 3.05) is 5.32 Å². The number of benzene rings is 3. The van der Waals surface area contributed by atoms with E-state index in [1.807, 2.05) is 77.8 Å². The lowest BCUT2D eigenvalue weighted by Gasteiger charge is -2.44. The molecule has 6 heteroatoms. The zero-order valence-corrected chi connectivity index (χ0v) is 16.0. The first-order chi connectivity index (χ1) is 14.2. The second-order valence-corrected chi connectivity index (χ2v) is 7.73. The first kappa shape index (κ1) is 16.7. The molecule has 0 saturated heterocycles. The molecule has 0 aromatic heterocycles. The van der Waals surface area contributed by atoms with Crippen molar-refractivity contribution in [3.05, 3.63) is 101 Å². The highest BCUT2D eigenvalue weighted by molar-refractivity contribution is 6.30. The van der Waals surface area contributed by atoms with Crippen molar-refractivity contribution in [2.24, 2.45) is 0 Å². The Labute approximate surface area is 172 Å². The molecule has 0 bridgehead atoms. The number of para-hydroxylation sites is 2. The van der Waals surface area contributed by atoms with Crippen molar-refractivity contribution >= 4 is 28.9 Å². The Morgan fingerprint density at radius 3 is 2.59 bits per heavy atom. The van der Waals surface area contributed by atoms with E-state index in [1.165, 1.54) is 0 Å². The highest BCUT2D eigenvalue weighted by atomic mass is 35.5. The Hall–Kier alpha value is -3.28. The number of nitrogens with one attached hydrogen (secondary N) is 2. The van der Waals surface area contributed by atoms with E-state index in [-0.39, 0.29) is 11.9 Å². The third kappa shape index (κ3) is 2.23. The quantitative estimate of drug-likeness (QED) is 0.633. The second-order valence-electron chi connectivity index (χ2n) is 7.30. The van der Waals surface area contributed by atoms with Gasteiger partial charge in [-0.1, -0.05) is 60.1 Å². The van der Waals surface area contributed by atoms with Crippen LogP contribution in [0.1, 0.15) is 22.7 Å². The number of anilines is 1. The van der Waals surface area contributed by atoms with Crippen LogP contribution in [0, 0.1) is 0 Å². The fourth-order valence-electron chi connectivity index (χ4n) is 4.35. The van der Waals surface area contributed by atoms with Crippen molar-refractivity contribution in [1.82, 2.24) is 10.4 Å². The molecule has 1 amide bonds. The van der Waals surface area contributed by atoms with Crippen molar-refractivity contribution in [2.45, 2.75) is 11.8 Å². The zero-order valence-electron chi connectivity index (χ0n) is 15.2. The van der Waals surface area contributed by atoms with Crippen LogP contribution < -0.4 is 15.5 Å². The molecule has 0 unspecified atom stereocenters. The van der Waals surface area contributed by atoms with Crippen molar-refractivity contribution < 1.29 is 9.53 Å². The molecule has 3 aliphatic rings. The Bertz CT molecular complexity index is 1190. The monoisotopic (exact) mass is 401 g/mol. The molecule has 142 valence electrons. The van der Waals surface area contributed by atoms with E-state index in [0.29, 0.717) is 10.8 Å². The molecule has 29 heavy (non-hydrogen) atoms. The molecule has 3 heterocycles. The normalized spacial score (nSPS) is 24.1. The number of fused-ring (bicyclic) bond motifs is 6. The van der Waals surface area contributed by atoms with Crippen molar-refractivity contribution in [1.29, 1.82) is 0 Å². The first-order valence-electron chi connectivity index (χ1n) is 9.39. The third-order valence-electron chi connectivity index (χ3n) is 5.68. The maximum Gasteiger partial charge on any atom is 0.291 e. The van der Waals surface area contributed by atoms with Gasteiger partial charge in [0.05, 0.1) is 17.4 Å². The summed E-state index contributed by atoms with van der Waals surface area (Å²) in [5.74, 6) is 0.493. The lowest BCUT2D eigenvalue weighted by atomic mass is 9.95. The van der Waals surface area contributed by atoms with Crippen LogP contribution in [-0.2, 0) is 10.5 Å². The average molecular weight is 402 g/mol. The van der Waals surface area contributed by atoms with E-state index in [1.54, 1.807) is 0 Å². The van der Waals surface area contributed by atoms with Gasteiger partial charge < -0.3 is 15.5 Å². The summed E-state index contributed by atoms with van der Waals surface area (Å²) in [6.45, 7) is 0. The van der Waals surface area contributed by atoms with E-state index in [4.69, 9.17) is 16.3 Å². The Morgan fingerprint density at radius 1 is 0.966 bits per heavy atom. The van der Waals surface area contributed by atoms with E-state index < -0.39 is 5.72 Å². The summed E-state index contributed by atoms with van der Waals surface area (Å²) in [5, 5.41) is 5.56. The molecule has 5 nitrogen and oxygen atoms in total. The van der Waals surface area contributed by atoms with Gasteiger partial charge in [0.15, 0.2) is 0 Å². The van der Waals surface area contributed by atoms with Gasteiger partial charge >= 0.3 is 0 Å². The van der Waals surface area contributed by atoms with Gasteiger partial charge in [0.1, 0.15) is 5.75 Å². The van der Waals surface area contributed by atoms with Gasteiger partial charge in [0, 0.05) is 16.1 Å². The maximum absolute atomic E-state index is 13.3. The molecule has 2 atom stereocenters. The molecule has 3 aromatic rings. The summed E-state index contributed by atoms with van der Waals surface area (Å²) >= 11 is 6.06. The smallest absolute Gasteiger partial charge is 0.291 e. The van der Waals surface area contributed by atoms with Crippen LogP contribution in [0.4, 0.5) is 5.69 Å². The zero-order chi connectivity index (χ0) is 19.6. The van der Waals surface area contributed by atoms with Crippen LogP contribution in [0.3, 0.4) is 0 Å². The van der Waals surface area contributed by atoms with Crippen molar-refractivity contribution in [3.8, 4) is 5.75 Å². The number of rotatable bonds is 1. The highest BCUT2D eigenvalue weighted by Crippen LogP contribution is 2.52. The molecular weight excluding hydrogens is 386 g/mol. The molecule has 0 fully saturated rings. The minimum Gasteiger partial charge on any atom is -0.457 e. The number of carbonyl (C=O) groups is 1. The van der Waals surface area contributed by atoms with E-state index >= 15 is 0 Å². The number of nitrogens with zero attached hydrogens (tertiary/aromatic N) is 1. The topological polar surface area (TPSA) is 53.6 Å². The van der Waals surface area contributed by atoms with Crippen LogP contribution in [0.2, 0.25) is 5.02 Å². The predicted octanol–water partition coefficient (Wildman–Crippen LogP) is 4.44. The number of amides is 1. The molecule has 1 spiro atoms. The Kier molecular flexibility index (Phi) is 3.37. The summed E-state index contributed by atoms with van der Waals surface area (Å²) in [6, 6.07) is 23.0. The standard InChI is InChI=1S/C23H16ClN3O2/c24-15-11-9-14(10-12-15)19-13-20-16-5-1-4-8-21(16)29-23(27(20)26-19)17-6-2-3-7-18(17)25-22(23)28/h1-13,20,26H,(H,25,28)/t20-,23-/m0/s1. The van der Waals surface area contributed by atoms with E-state index in [2.05, 4.69) is 16.8 Å². The number of carbonyl (C=O) groups excluding carboxylic acids is 1. The van der Waals surface area contributed by atoms with Gasteiger partial charge in [0.25, 0.3) is 11.6 Å². The molecule has 0 aliphatic carbocycles. The summed E-state index contributed by atoms with van der Waals surface area (Å²) in [4.78, 5) is 13.3. The number of ether oxygens (including phenoxy) is 1. The molecule has 3 aromatic carbocycles. The highest BCUT2D eigenvalue weighted by Gasteiger charge is 2.60. The van der Waals surface area contributed by atoms with Crippen LogP contribution in [0.5, 0.6) is 5.75 Å². The molecule has 2 N–H and O–H groups in total. The van der Waals surface area contributed by atoms with Gasteiger partial charge in [0.2, 0.25) is 0 Å². The van der Waals surface area contributed by atoms with Crippen molar-refractivity contribution in [3.63, 3.8) is 0 Å². The first-order valence-corrected chi connectivity index (χ1v) is 9.77. The molecule has 0 radical (unpaired) electrons. The van der Waals surface area contributed by atoms with Crippen LogP contribution >= 0.6 is 11.6 Å².